The minimum atomic E-state index is -0.715. The fourth-order valence-corrected chi connectivity index (χ4v) is 1.84. The van der Waals surface area contributed by atoms with Gasteiger partial charge in [-0.15, -0.1) is 0 Å². The highest BCUT2D eigenvalue weighted by molar-refractivity contribution is 6.66. The molecule has 0 N–H and O–H groups in total. The Morgan fingerprint density at radius 2 is 1.87 bits per heavy atom. The van der Waals surface area contributed by atoms with Gasteiger partial charge in [0, 0.05) is 5.56 Å². The first kappa shape index (κ1) is 12.2. The summed E-state index contributed by atoms with van der Waals surface area (Å²) in [7, 11) is 0. The predicted molar refractivity (Wildman–Crippen MR) is 59.5 cm³/mol. The summed E-state index contributed by atoms with van der Waals surface area (Å²) in [5.74, 6) is -0.339. The van der Waals surface area contributed by atoms with E-state index in [-0.39, 0.29) is 5.82 Å². The Morgan fingerprint density at radius 1 is 1.33 bits per heavy atom. The number of halogens is 2. The molecule has 15 heavy (non-hydrogen) atoms. The van der Waals surface area contributed by atoms with Gasteiger partial charge in [0.1, 0.15) is 5.82 Å². The lowest BCUT2D eigenvalue weighted by molar-refractivity contribution is -0.113. The Labute approximate surface area is 94.3 Å². The van der Waals surface area contributed by atoms with Crippen molar-refractivity contribution in [2.24, 2.45) is 0 Å². The summed E-state index contributed by atoms with van der Waals surface area (Å²) >= 11 is 5.43. The summed E-state index contributed by atoms with van der Waals surface area (Å²) in [5, 5.41) is -0.447. The second-order valence-electron chi connectivity index (χ2n) is 3.34. The molecule has 0 unspecified atom stereocenters. The van der Waals surface area contributed by atoms with Gasteiger partial charge in [-0.25, -0.2) is 4.39 Å². The van der Waals surface area contributed by atoms with Crippen LogP contribution in [0.25, 0.3) is 0 Å². The second kappa shape index (κ2) is 4.75. The lowest BCUT2D eigenvalue weighted by Gasteiger charge is -2.10. The molecule has 1 nitrogen and oxygen atoms in total. The van der Waals surface area contributed by atoms with E-state index in [0.717, 1.165) is 0 Å². The van der Waals surface area contributed by atoms with E-state index >= 15 is 0 Å². The fraction of sp³-hybridized carbons (Fsp3) is 0.417. The SMILES string of the molecule is CC.O=C(Cl)C1(c2ccccc2F)CC1. The van der Waals surface area contributed by atoms with Gasteiger partial charge in [0.15, 0.2) is 0 Å². The van der Waals surface area contributed by atoms with Crippen LogP contribution in [0.5, 0.6) is 0 Å². The van der Waals surface area contributed by atoms with E-state index in [9.17, 15) is 9.18 Å². The van der Waals surface area contributed by atoms with E-state index in [1.54, 1.807) is 18.2 Å². The first-order valence-corrected chi connectivity index (χ1v) is 5.49. The Balaban J connectivity index is 0.000000531. The molecule has 1 aromatic carbocycles. The van der Waals surface area contributed by atoms with Gasteiger partial charge in [-0.2, -0.15) is 0 Å². The molecule has 0 saturated heterocycles. The molecule has 82 valence electrons. The van der Waals surface area contributed by atoms with Crippen LogP contribution in [0.4, 0.5) is 4.39 Å². The predicted octanol–water partition coefficient (Wildman–Crippen LogP) is 3.65. The number of hydrogen-bond acceptors (Lipinski definition) is 1. The van der Waals surface area contributed by atoms with Gasteiger partial charge in [-0.1, -0.05) is 32.0 Å². The number of carbonyl (C=O) groups excluding carboxylic acids is 1. The van der Waals surface area contributed by atoms with E-state index < -0.39 is 10.7 Å². The molecule has 0 heterocycles. The third-order valence-corrected chi connectivity index (χ3v) is 2.88. The number of rotatable bonds is 2. The van der Waals surface area contributed by atoms with Crippen LogP contribution in [0.15, 0.2) is 24.3 Å². The largest absolute Gasteiger partial charge is 0.280 e. The lowest BCUT2D eigenvalue weighted by Crippen LogP contribution is -2.16. The second-order valence-corrected chi connectivity index (χ2v) is 3.68. The molecule has 1 aromatic rings. The smallest absolute Gasteiger partial charge is 0.232 e. The van der Waals surface area contributed by atoms with Crippen molar-refractivity contribution in [1.29, 1.82) is 0 Å². The van der Waals surface area contributed by atoms with Crippen LogP contribution >= 0.6 is 11.6 Å². The number of benzene rings is 1. The van der Waals surface area contributed by atoms with Crippen LogP contribution in [0.2, 0.25) is 0 Å². The zero-order valence-electron chi connectivity index (χ0n) is 8.89. The lowest BCUT2D eigenvalue weighted by atomic mass is 9.97. The molecule has 0 aliphatic heterocycles. The van der Waals surface area contributed by atoms with Crippen molar-refractivity contribution in [2.75, 3.05) is 0 Å². The average Bonchev–Trinajstić information content (AvgIpc) is 3.02. The molecule has 0 bridgehead atoms. The van der Waals surface area contributed by atoms with Gasteiger partial charge in [0.05, 0.1) is 5.41 Å². The van der Waals surface area contributed by atoms with Crippen molar-refractivity contribution in [3.8, 4) is 0 Å². The molecule has 0 spiro atoms. The Hall–Kier alpha value is -0.890. The van der Waals surface area contributed by atoms with Crippen molar-refractivity contribution in [1.82, 2.24) is 0 Å². The first-order valence-electron chi connectivity index (χ1n) is 5.12. The summed E-state index contributed by atoms with van der Waals surface area (Å²) in [6, 6.07) is 6.31. The fourth-order valence-electron chi connectivity index (χ4n) is 1.55. The van der Waals surface area contributed by atoms with Gasteiger partial charge in [0.25, 0.3) is 0 Å². The Morgan fingerprint density at radius 3 is 2.27 bits per heavy atom. The zero-order chi connectivity index (χ0) is 11.5. The average molecular weight is 229 g/mol. The van der Waals surface area contributed by atoms with Crippen molar-refractivity contribution >= 4 is 16.8 Å². The van der Waals surface area contributed by atoms with Crippen LogP contribution < -0.4 is 0 Å². The molecule has 1 aliphatic carbocycles. The molecule has 0 atom stereocenters. The maximum Gasteiger partial charge on any atom is 0.232 e. The molecule has 1 fully saturated rings. The van der Waals surface area contributed by atoms with Gasteiger partial charge < -0.3 is 0 Å². The van der Waals surface area contributed by atoms with E-state index in [2.05, 4.69) is 0 Å². The van der Waals surface area contributed by atoms with E-state index in [1.807, 2.05) is 13.8 Å². The highest BCUT2D eigenvalue weighted by Gasteiger charge is 2.51. The van der Waals surface area contributed by atoms with E-state index in [0.29, 0.717) is 18.4 Å². The maximum absolute atomic E-state index is 13.3. The van der Waals surface area contributed by atoms with E-state index in [1.165, 1.54) is 6.07 Å². The number of hydrogen-bond donors (Lipinski definition) is 0. The maximum atomic E-state index is 13.3. The van der Waals surface area contributed by atoms with Crippen molar-refractivity contribution in [3.63, 3.8) is 0 Å². The van der Waals surface area contributed by atoms with Crippen LogP contribution in [-0.2, 0) is 10.2 Å². The molecule has 0 amide bonds. The van der Waals surface area contributed by atoms with Crippen LogP contribution in [-0.4, -0.2) is 5.24 Å². The zero-order valence-corrected chi connectivity index (χ0v) is 9.64. The molecule has 1 aliphatic rings. The minimum Gasteiger partial charge on any atom is -0.280 e. The minimum absolute atomic E-state index is 0.339. The van der Waals surface area contributed by atoms with Crippen molar-refractivity contribution in [3.05, 3.63) is 35.6 Å². The van der Waals surface area contributed by atoms with Gasteiger partial charge in [0.2, 0.25) is 5.24 Å². The van der Waals surface area contributed by atoms with Crippen LogP contribution in [0.1, 0.15) is 32.3 Å². The molecular weight excluding hydrogens is 215 g/mol. The number of carbonyl (C=O) groups is 1. The summed E-state index contributed by atoms with van der Waals surface area (Å²) in [6.07, 6.45) is 1.33. The molecule has 0 aromatic heterocycles. The monoisotopic (exact) mass is 228 g/mol. The molecular formula is C12H14ClFO. The Bertz CT molecular complexity index is 358. The molecule has 3 heteroatoms. The van der Waals surface area contributed by atoms with Crippen LogP contribution in [0.3, 0.4) is 0 Å². The van der Waals surface area contributed by atoms with Crippen molar-refractivity contribution < 1.29 is 9.18 Å². The van der Waals surface area contributed by atoms with Gasteiger partial charge >= 0.3 is 0 Å². The Kier molecular flexibility index (Phi) is 3.86. The highest BCUT2D eigenvalue weighted by atomic mass is 35.5. The quantitative estimate of drug-likeness (QED) is 0.707. The molecule has 1 saturated carbocycles. The topological polar surface area (TPSA) is 17.1 Å². The summed E-state index contributed by atoms with van der Waals surface area (Å²) in [4.78, 5) is 11.1. The first-order chi connectivity index (χ1) is 7.17. The van der Waals surface area contributed by atoms with Gasteiger partial charge in [-0.3, -0.25) is 4.79 Å². The van der Waals surface area contributed by atoms with Gasteiger partial charge in [-0.05, 0) is 30.5 Å². The molecule has 2 rings (SSSR count). The normalized spacial score (nSPS) is 16.3. The summed E-state index contributed by atoms with van der Waals surface area (Å²) in [6.45, 7) is 4.00. The molecule has 0 radical (unpaired) electrons. The summed E-state index contributed by atoms with van der Waals surface area (Å²) in [5.41, 5.74) is -0.276. The highest BCUT2D eigenvalue weighted by Crippen LogP contribution is 2.50. The van der Waals surface area contributed by atoms with Crippen LogP contribution in [0, 0.1) is 5.82 Å². The van der Waals surface area contributed by atoms with E-state index in [4.69, 9.17) is 11.6 Å². The van der Waals surface area contributed by atoms with Crippen molar-refractivity contribution in [2.45, 2.75) is 32.1 Å². The third-order valence-electron chi connectivity index (χ3n) is 2.52. The summed E-state index contributed by atoms with van der Waals surface area (Å²) < 4.78 is 13.3. The standard InChI is InChI=1S/C10H8ClFO.C2H6/c11-9(13)10(5-6-10)7-3-1-2-4-8(7)12;1-2/h1-4H,5-6H2;1-2H3. The third kappa shape index (κ3) is 2.20.